The molecule has 0 saturated carbocycles. The number of hydrogen-bond donors (Lipinski definition) is 0. The van der Waals surface area contributed by atoms with Gasteiger partial charge in [0, 0.05) is 31.1 Å². The lowest BCUT2D eigenvalue weighted by Gasteiger charge is -2.18. The molecule has 0 N–H and O–H groups in total. The molecule has 162 valence electrons. The third-order valence-corrected chi connectivity index (χ3v) is 6.47. The van der Waals surface area contributed by atoms with E-state index in [9.17, 15) is 4.79 Å². The number of carbonyl (C=O) groups is 1. The van der Waals surface area contributed by atoms with Crippen molar-refractivity contribution in [1.82, 2.24) is 9.55 Å². The molecule has 1 saturated heterocycles. The SMILES string of the molecule is Cc1cccc(N2CC(c3nc4ccccc4n3Cc3ccc(C(C)C)cc3)CC2=O)c1. The van der Waals surface area contributed by atoms with Crippen LogP contribution in [0.5, 0.6) is 0 Å². The molecule has 4 aromatic rings. The largest absolute Gasteiger partial charge is 0.323 e. The van der Waals surface area contributed by atoms with Gasteiger partial charge in [0.05, 0.1) is 11.0 Å². The van der Waals surface area contributed by atoms with E-state index in [4.69, 9.17) is 4.98 Å². The molecule has 1 aliphatic heterocycles. The van der Waals surface area contributed by atoms with E-state index in [0.29, 0.717) is 18.9 Å². The van der Waals surface area contributed by atoms with Crippen LogP contribution in [-0.4, -0.2) is 22.0 Å². The van der Waals surface area contributed by atoms with Crippen LogP contribution in [0.2, 0.25) is 0 Å². The summed E-state index contributed by atoms with van der Waals surface area (Å²) >= 11 is 0. The minimum absolute atomic E-state index is 0.0744. The van der Waals surface area contributed by atoms with Gasteiger partial charge in [-0.15, -0.1) is 0 Å². The summed E-state index contributed by atoms with van der Waals surface area (Å²) in [5.74, 6) is 1.76. The van der Waals surface area contributed by atoms with Gasteiger partial charge >= 0.3 is 0 Å². The topological polar surface area (TPSA) is 38.1 Å². The van der Waals surface area contributed by atoms with Crippen LogP contribution in [0.25, 0.3) is 11.0 Å². The number of anilines is 1. The molecule has 1 amide bonds. The fourth-order valence-corrected chi connectivity index (χ4v) is 4.69. The number of aryl methyl sites for hydroxylation is 1. The molecule has 32 heavy (non-hydrogen) atoms. The van der Waals surface area contributed by atoms with E-state index >= 15 is 0 Å². The first-order chi connectivity index (χ1) is 15.5. The summed E-state index contributed by atoms with van der Waals surface area (Å²) in [7, 11) is 0. The fourth-order valence-electron chi connectivity index (χ4n) is 4.69. The highest BCUT2D eigenvalue weighted by Crippen LogP contribution is 2.34. The number of imidazole rings is 1. The van der Waals surface area contributed by atoms with E-state index in [1.165, 1.54) is 11.1 Å². The highest BCUT2D eigenvalue weighted by atomic mass is 16.2. The van der Waals surface area contributed by atoms with Crippen LogP contribution < -0.4 is 4.90 Å². The van der Waals surface area contributed by atoms with Crippen molar-refractivity contribution in [2.24, 2.45) is 0 Å². The second kappa shape index (κ2) is 8.27. The van der Waals surface area contributed by atoms with Gasteiger partial charge in [0.15, 0.2) is 0 Å². The average Bonchev–Trinajstić information content (AvgIpc) is 3.35. The quantitative estimate of drug-likeness (QED) is 0.393. The zero-order chi connectivity index (χ0) is 22.2. The van der Waals surface area contributed by atoms with Gasteiger partial charge in [-0.05, 0) is 53.8 Å². The third kappa shape index (κ3) is 3.81. The monoisotopic (exact) mass is 423 g/mol. The van der Waals surface area contributed by atoms with Gasteiger partial charge in [-0.2, -0.15) is 0 Å². The Bertz CT molecular complexity index is 1270. The number of benzene rings is 3. The number of para-hydroxylation sites is 2. The van der Waals surface area contributed by atoms with Gasteiger partial charge in [0.25, 0.3) is 0 Å². The Kier molecular flexibility index (Phi) is 5.30. The molecule has 4 heteroatoms. The number of hydrogen-bond acceptors (Lipinski definition) is 2. The van der Waals surface area contributed by atoms with E-state index < -0.39 is 0 Å². The molecule has 1 aromatic heterocycles. The van der Waals surface area contributed by atoms with Crippen LogP contribution in [0.4, 0.5) is 5.69 Å². The molecule has 4 nitrogen and oxygen atoms in total. The Morgan fingerprint density at radius 2 is 1.78 bits per heavy atom. The maximum Gasteiger partial charge on any atom is 0.227 e. The third-order valence-electron chi connectivity index (χ3n) is 6.47. The Labute approximate surface area is 189 Å². The van der Waals surface area contributed by atoms with Crippen LogP contribution in [0.3, 0.4) is 0 Å². The summed E-state index contributed by atoms with van der Waals surface area (Å²) in [6.07, 6.45) is 0.490. The van der Waals surface area contributed by atoms with Gasteiger partial charge in [-0.25, -0.2) is 4.98 Å². The van der Waals surface area contributed by atoms with Crippen molar-refractivity contribution >= 4 is 22.6 Å². The molecular weight excluding hydrogens is 394 g/mol. The van der Waals surface area contributed by atoms with Crippen molar-refractivity contribution in [1.29, 1.82) is 0 Å². The molecule has 0 radical (unpaired) electrons. The summed E-state index contributed by atoms with van der Waals surface area (Å²) in [6, 6.07) is 25.3. The van der Waals surface area contributed by atoms with Crippen molar-refractivity contribution in [2.75, 3.05) is 11.4 Å². The lowest BCUT2D eigenvalue weighted by atomic mass is 10.0. The number of rotatable bonds is 5. The number of fused-ring (bicyclic) bond motifs is 1. The predicted octanol–water partition coefficient (Wildman–Crippen LogP) is 6.04. The highest BCUT2D eigenvalue weighted by molar-refractivity contribution is 5.96. The van der Waals surface area contributed by atoms with Crippen molar-refractivity contribution in [2.45, 2.75) is 45.6 Å². The molecule has 1 unspecified atom stereocenters. The maximum atomic E-state index is 12.9. The van der Waals surface area contributed by atoms with Gasteiger partial charge in [-0.1, -0.05) is 62.4 Å². The zero-order valence-electron chi connectivity index (χ0n) is 19.0. The Balaban J connectivity index is 1.50. The summed E-state index contributed by atoms with van der Waals surface area (Å²) in [5, 5.41) is 0. The number of amides is 1. The van der Waals surface area contributed by atoms with Crippen molar-refractivity contribution < 1.29 is 4.79 Å². The second-order valence-corrected chi connectivity index (χ2v) is 9.19. The Hall–Kier alpha value is -3.40. The van der Waals surface area contributed by atoms with Gasteiger partial charge < -0.3 is 9.47 Å². The van der Waals surface area contributed by atoms with E-state index in [-0.39, 0.29) is 11.8 Å². The molecule has 0 aliphatic carbocycles. The van der Waals surface area contributed by atoms with E-state index in [1.807, 2.05) is 23.1 Å². The fraction of sp³-hybridized carbons (Fsp3) is 0.286. The van der Waals surface area contributed by atoms with Crippen molar-refractivity contribution in [3.05, 3.63) is 95.3 Å². The number of aromatic nitrogens is 2. The first-order valence-electron chi connectivity index (χ1n) is 11.4. The summed E-state index contributed by atoms with van der Waals surface area (Å²) in [4.78, 5) is 19.9. The van der Waals surface area contributed by atoms with Gasteiger partial charge in [0.1, 0.15) is 5.82 Å². The number of nitrogens with zero attached hydrogens (tertiary/aromatic N) is 3. The van der Waals surface area contributed by atoms with Gasteiger partial charge in [-0.3, -0.25) is 4.79 Å². The van der Waals surface area contributed by atoms with Crippen LogP contribution in [-0.2, 0) is 11.3 Å². The predicted molar refractivity (Wildman–Crippen MR) is 130 cm³/mol. The average molecular weight is 424 g/mol. The molecule has 0 spiro atoms. The molecule has 2 heterocycles. The number of carbonyl (C=O) groups excluding carboxylic acids is 1. The van der Waals surface area contributed by atoms with Crippen LogP contribution in [0, 0.1) is 6.92 Å². The Morgan fingerprint density at radius 1 is 1.00 bits per heavy atom. The molecular formula is C28H29N3O. The minimum Gasteiger partial charge on any atom is -0.323 e. The molecule has 0 bridgehead atoms. The van der Waals surface area contributed by atoms with Crippen LogP contribution in [0.15, 0.2) is 72.8 Å². The van der Waals surface area contributed by atoms with E-state index in [0.717, 1.165) is 34.7 Å². The highest BCUT2D eigenvalue weighted by Gasteiger charge is 2.34. The van der Waals surface area contributed by atoms with Crippen molar-refractivity contribution in [3.63, 3.8) is 0 Å². The molecule has 1 fully saturated rings. The van der Waals surface area contributed by atoms with Gasteiger partial charge in [0.2, 0.25) is 5.91 Å². The second-order valence-electron chi connectivity index (χ2n) is 9.19. The summed E-state index contributed by atoms with van der Waals surface area (Å²) < 4.78 is 2.30. The van der Waals surface area contributed by atoms with Crippen LogP contribution >= 0.6 is 0 Å². The zero-order valence-corrected chi connectivity index (χ0v) is 19.0. The smallest absolute Gasteiger partial charge is 0.227 e. The lowest BCUT2D eigenvalue weighted by molar-refractivity contribution is -0.117. The van der Waals surface area contributed by atoms with Crippen LogP contribution in [0.1, 0.15) is 54.6 Å². The van der Waals surface area contributed by atoms with Crippen molar-refractivity contribution in [3.8, 4) is 0 Å². The first kappa shape index (κ1) is 20.5. The summed E-state index contributed by atoms with van der Waals surface area (Å²) in [5.41, 5.74) is 6.85. The standard InChI is InChI=1S/C28H29N3O/c1-19(2)22-13-11-21(12-14-22)17-31-26-10-5-4-9-25(26)29-28(31)23-16-27(32)30(18-23)24-8-6-7-20(3)15-24/h4-15,19,23H,16-18H2,1-3H3. The molecule has 1 atom stereocenters. The first-order valence-corrected chi connectivity index (χ1v) is 11.4. The molecule has 1 aliphatic rings. The van der Waals surface area contributed by atoms with E-state index in [2.05, 4.69) is 79.9 Å². The Morgan fingerprint density at radius 3 is 2.53 bits per heavy atom. The minimum atomic E-state index is 0.0744. The van der Waals surface area contributed by atoms with E-state index in [1.54, 1.807) is 0 Å². The molecule has 3 aromatic carbocycles. The molecule has 5 rings (SSSR count). The maximum absolute atomic E-state index is 12.9. The normalized spacial score (nSPS) is 16.4. The summed E-state index contributed by atoms with van der Waals surface area (Å²) in [6.45, 7) is 7.91. The lowest BCUT2D eigenvalue weighted by Crippen LogP contribution is -2.24.